The molecule has 0 amide bonds. The quantitative estimate of drug-likeness (QED) is 0.451. The van der Waals surface area contributed by atoms with E-state index in [1.54, 1.807) is 11.8 Å². The molecule has 0 heterocycles. The Morgan fingerprint density at radius 3 is 2.38 bits per heavy atom. The zero-order valence-corrected chi connectivity index (χ0v) is 6.51. The molecule has 0 rings (SSSR count). The number of rotatable bonds is 2. The van der Waals surface area contributed by atoms with E-state index < -0.39 is 0 Å². The van der Waals surface area contributed by atoms with E-state index in [-0.39, 0.29) is 0 Å². The van der Waals surface area contributed by atoms with Crippen LogP contribution in [0, 0.1) is 11.3 Å². The molecule has 0 saturated carbocycles. The van der Waals surface area contributed by atoms with Crippen LogP contribution in [0.3, 0.4) is 0 Å². The molecule has 1 N–H and O–H groups in total. The van der Waals surface area contributed by atoms with Crippen molar-refractivity contribution in [1.82, 2.24) is 0 Å². The van der Waals surface area contributed by atoms with Gasteiger partial charge in [-0.2, -0.15) is 0 Å². The van der Waals surface area contributed by atoms with Gasteiger partial charge in [0.1, 0.15) is 0 Å². The van der Waals surface area contributed by atoms with Gasteiger partial charge in [0, 0.05) is 5.92 Å². The molecule has 0 aliphatic heterocycles. The van der Waals surface area contributed by atoms with Crippen LogP contribution >= 0.6 is 11.8 Å². The lowest BCUT2D eigenvalue weighted by molar-refractivity contribution is 0.746. The lowest BCUT2D eigenvalue weighted by atomic mass is 10.1. The average Bonchev–Trinajstić information content (AvgIpc) is 1.84. The van der Waals surface area contributed by atoms with E-state index >= 15 is 0 Å². The second kappa shape index (κ2) is 3.96. The molecular formula is C6H13NS. The molecule has 0 aromatic heterocycles. The first-order valence-corrected chi connectivity index (χ1v) is 4.07. The Morgan fingerprint density at radius 1 is 1.75 bits per heavy atom. The Bertz CT molecular complexity index is 80.6. The van der Waals surface area contributed by atoms with Crippen molar-refractivity contribution in [3.63, 3.8) is 0 Å². The molecule has 8 heavy (non-hydrogen) atoms. The van der Waals surface area contributed by atoms with Crippen molar-refractivity contribution in [2.45, 2.75) is 20.3 Å². The Morgan fingerprint density at radius 2 is 2.25 bits per heavy atom. The van der Waals surface area contributed by atoms with Crippen LogP contribution in [0.1, 0.15) is 20.3 Å². The smallest absolute Gasteiger partial charge is 0.0666 e. The third-order valence-corrected chi connectivity index (χ3v) is 2.12. The van der Waals surface area contributed by atoms with Gasteiger partial charge in [0.2, 0.25) is 0 Å². The fourth-order valence-corrected chi connectivity index (χ4v) is 0.956. The first-order chi connectivity index (χ1) is 3.72. The molecule has 1 unspecified atom stereocenters. The molecule has 1 nitrogen and oxygen atoms in total. The predicted octanol–water partition coefficient (Wildman–Crippen LogP) is 2.37. The van der Waals surface area contributed by atoms with Crippen LogP contribution in [0.5, 0.6) is 0 Å². The summed E-state index contributed by atoms with van der Waals surface area (Å²) in [6, 6.07) is 0. The Hall–Kier alpha value is 0.0200. The second-order valence-electron chi connectivity index (χ2n) is 1.88. The normalized spacial score (nSPS) is 13.4. The van der Waals surface area contributed by atoms with Crippen molar-refractivity contribution in [2.24, 2.45) is 5.92 Å². The second-order valence-corrected chi connectivity index (χ2v) is 2.73. The predicted molar refractivity (Wildman–Crippen MR) is 40.7 cm³/mol. The van der Waals surface area contributed by atoms with Crippen molar-refractivity contribution in [3.05, 3.63) is 0 Å². The van der Waals surface area contributed by atoms with Crippen LogP contribution in [-0.2, 0) is 0 Å². The first kappa shape index (κ1) is 8.02. The van der Waals surface area contributed by atoms with Crippen molar-refractivity contribution in [1.29, 1.82) is 5.41 Å². The number of thioether (sulfide) groups is 1. The van der Waals surface area contributed by atoms with E-state index in [9.17, 15) is 0 Å². The van der Waals surface area contributed by atoms with Crippen molar-refractivity contribution >= 4 is 16.8 Å². The van der Waals surface area contributed by atoms with Crippen LogP contribution in [0.25, 0.3) is 0 Å². The summed E-state index contributed by atoms with van der Waals surface area (Å²) in [6.45, 7) is 4.19. The molecule has 0 spiro atoms. The van der Waals surface area contributed by atoms with Crippen LogP contribution < -0.4 is 0 Å². The van der Waals surface area contributed by atoms with Gasteiger partial charge < -0.3 is 0 Å². The molecule has 0 aliphatic carbocycles. The highest BCUT2D eigenvalue weighted by Crippen LogP contribution is 2.10. The molecule has 0 aromatic carbocycles. The Balaban J connectivity index is 3.46. The molecule has 1 atom stereocenters. The van der Waals surface area contributed by atoms with E-state index in [1.807, 2.05) is 6.26 Å². The van der Waals surface area contributed by atoms with Crippen LogP contribution in [0.4, 0.5) is 0 Å². The lowest BCUT2D eigenvalue weighted by Crippen LogP contribution is -2.02. The van der Waals surface area contributed by atoms with Gasteiger partial charge in [0.15, 0.2) is 0 Å². The SMILES string of the molecule is CCC(C)C(=N)SC. The molecule has 0 radical (unpaired) electrons. The van der Waals surface area contributed by atoms with Gasteiger partial charge >= 0.3 is 0 Å². The van der Waals surface area contributed by atoms with Crippen molar-refractivity contribution < 1.29 is 0 Å². The van der Waals surface area contributed by atoms with E-state index in [4.69, 9.17) is 5.41 Å². The third kappa shape index (κ3) is 2.36. The fourth-order valence-electron chi connectivity index (χ4n) is 0.387. The van der Waals surface area contributed by atoms with E-state index in [0.29, 0.717) is 5.92 Å². The minimum atomic E-state index is 0.463. The van der Waals surface area contributed by atoms with Gasteiger partial charge in [0.05, 0.1) is 5.04 Å². The minimum absolute atomic E-state index is 0.463. The summed E-state index contributed by atoms with van der Waals surface area (Å²) >= 11 is 1.54. The highest BCUT2D eigenvalue weighted by molar-refractivity contribution is 8.13. The molecule has 48 valence electrons. The van der Waals surface area contributed by atoms with E-state index in [2.05, 4.69) is 13.8 Å². The van der Waals surface area contributed by atoms with E-state index in [1.165, 1.54) is 0 Å². The summed E-state index contributed by atoms with van der Waals surface area (Å²) in [6.07, 6.45) is 3.04. The third-order valence-electron chi connectivity index (χ3n) is 1.28. The van der Waals surface area contributed by atoms with Gasteiger partial charge in [-0.25, -0.2) is 0 Å². The topological polar surface area (TPSA) is 23.9 Å². The maximum atomic E-state index is 7.31. The molecular weight excluding hydrogens is 118 g/mol. The summed E-state index contributed by atoms with van der Waals surface area (Å²) in [7, 11) is 0. The van der Waals surface area contributed by atoms with E-state index in [0.717, 1.165) is 11.5 Å². The molecule has 0 aliphatic rings. The van der Waals surface area contributed by atoms with Gasteiger partial charge in [-0.05, 0) is 12.7 Å². The molecule has 0 aromatic rings. The minimum Gasteiger partial charge on any atom is -0.298 e. The van der Waals surface area contributed by atoms with Crippen molar-refractivity contribution in [2.75, 3.05) is 6.26 Å². The average molecular weight is 131 g/mol. The summed E-state index contributed by atoms with van der Waals surface area (Å²) in [5, 5.41) is 8.10. The zero-order valence-electron chi connectivity index (χ0n) is 5.69. The number of hydrogen-bond acceptors (Lipinski definition) is 2. The maximum absolute atomic E-state index is 7.31. The summed E-state index contributed by atoms with van der Waals surface area (Å²) in [4.78, 5) is 0. The van der Waals surface area contributed by atoms with Gasteiger partial charge in [0.25, 0.3) is 0 Å². The summed E-state index contributed by atoms with van der Waals surface area (Å²) in [5.41, 5.74) is 0. The first-order valence-electron chi connectivity index (χ1n) is 2.84. The van der Waals surface area contributed by atoms with Crippen LogP contribution in [0.15, 0.2) is 0 Å². The highest BCUT2D eigenvalue weighted by atomic mass is 32.2. The number of nitrogens with one attached hydrogen (secondary N) is 1. The van der Waals surface area contributed by atoms with Gasteiger partial charge in [-0.3, -0.25) is 5.41 Å². The Kier molecular flexibility index (Phi) is 3.97. The standard InChI is InChI=1S/C6H13NS/c1-4-5(2)6(7)8-3/h5,7H,4H2,1-3H3. The molecule has 0 saturated heterocycles. The zero-order chi connectivity index (χ0) is 6.57. The number of hydrogen-bond donors (Lipinski definition) is 1. The monoisotopic (exact) mass is 131 g/mol. The maximum Gasteiger partial charge on any atom is 0.0666 e. The molecule has 2 heteroatoms. The highest BCUT2D eigenvalue weighted by Gasteiger charge is 2.02. The largest absolute Gasteiger partial charge is 0.298 e. The van der Waals surface area contributed by atoms with Gasteiger partial charge in [-0.1, -0.05) is 13.8 Å². The summed E-state index contributed by atoms with van der Waals surface area (Å²) < 4.78 is 0. The molecule has 0 fully saturated rings. The van der Waals surface area contributed by atoms with Crippen molar-refractivity contribution in [3.8, 4) is 0 Å². The lowest BCUT2D eigenvalue weighted by Gasteiger charge is -2.05. The van der Waals surface area contributed by atoms with Crippen LogP contribution in [0.2, 0.25) is 0 Å². The Labute approximate surface area is 55.4 Å². The van der Waals surface area contributed by atoms with Gasteiger partial charge in [-0.15, -0.1) is 11.8 Å². The van der Waals surface area contributed by atoms with Crippen LogP contribution in [-0.4, -0.2) is 11.3 Å². The summed E-state index contributed by atoms with van der Waals surface area (Å²) in [5.74, 6) is 0.463. The fraction of sp³-hybridized carbons (Fsp3) is 0.833. The molecule has 0 bridgehead atoms.